The number of carbonyl (C=O) groups excluding carboxylic acids is 1. The first kappa shape index (κ1) is 22.1. The van der Waals surface area contributed by atoms with Crippen LogP contribution in [0.4, 0.5) is 13.2 Å². The maximum Gasteiger partial charge on any atom is 0.427 e. The van der Waals surface area contributed by atoms with Crippen molar-refractivity contribution in [3.63, 3.8) is 0 Å². The van der Waals surface area contributed by atoms with Crippen molar-refractivity contribution in [2.75, 3.05) is 6.67 Å². The number of pyridine rings is 1. The second-order valence-electron chi connectivity index (χ2n) is 6.28. The van der Waals surface area contributed by atoms with Gasteiger partial charge in [0.1, 0.15) is 5.75 Å². The lowest BCUT2D eigenvalue weighted by Crippen LogP contribution is -2.28. The first-order valence-electron chi connectivity index (χ1n) is 8.68. The molecule has 0 aliphatic rings. The van der Waals surface area contributed by atoms with Crippen molar-refractivity contribution in [2.24, 2.45) is 0 Å². The van der Waals surface area contributed by atoms with Gasteiger partial charge in [-0.15, -0.1) is 0 Å². The number of halogens is 5. The minimum Gasteiger partial charge on any atom is -0.430 e. The number of hydrogen-bond donors (Lipinski definition) is 1. The van der Waals surface area contributed by atoms with Crippen LogP contribution < -0.4 is 10.1 Å². The highest BCUT2D eigenvalue weighted by atomic mass is 79.9. The molecule has 0 bridgehead atoms. The largest absolute Gasteiger partial charge is 0.430 e. The molecule has 3 aromatic rings. The average molecular weight is 500 g/mol. The Morgan fingerprint density at radius 1 is 1.13 bits per heavy atom. The average Bonchev–Trinajstić information content (AvgIpc) is 2.73. The van der Waals surface area contributed by atoms with Crippen molar-refractivity contribution in [2.45, 2.75) is 12.7 Å². The first-order valence-corrected chi connectivity index (χ1v) is 9.85. The fraction of sp³-hybridized carbons (Fsp3) is 0.143. The van der Waals surface area contributed by atoms with Crippen LogP contribution in [0.3, 0.4) is 0 Å². The summed E-state index contributed by atoms with van der Waals surface area (Å²) in [6.45, 7) is -2.07. The summed E-state index contributed by atoms with van der Waals surface area (Å²) in [5, 5.41) is 3.18. The maximum atomic E-state index is 13.3. The summed E-state index contributed by atoms with van der Waals surface area (Å²) in [5.74, 6) is -0.698. The zero-order valence-electron chi connectivity index (χ0n) is 15.3. The van der Waals surface area contributed by atoms with Gasteiger partial charge in [0.25, 0.3) is 5.91 Å². The van der Waals surface area contributed by atoms with Gasteiger partial charge in [-0.25, -0.2) is 4.39 Å². The van der Waals surface area contributed by atoms with E-state index in [0.717, 1.165) is 5.56 Å². The van der Waals surface area contributed by atoms with E-state index in [1.165, 1.54) is 18.3 Å². The van der Waals surface area contributed by atoms with Crippen LogP contribution in [-0.2, 0) is 6.54 Å². The number of nitrogens with zero attached hydrogens (tertiary/aromatic N) is 1. The molecule has 2 aromatic carbocycles. The van der Waals surface area contributed by atoms with Crippen molar-refractivity contribution in [1.82, 2.24) is 10.3 Å². The number of aromatic nitrogens is 1. The molecule has 1 aromatic heterocycles. The van der Waals surface area contributed by atoms with E-state index in [1.807, 2.05) is 6.07 Å². The molecule has 0 spiro atoms. The van der Waals surface area contributed by atoms with E-state index in [0.29, 0.717) is 15.1 Å². The molecule has 0 saturated heterocycles. The standard InChI is InChI=1S/C21H15BrClF3N2O2/c22-17-5-4-14(19(8-17)30-21(25,26)12-24)11-28-20(29)16-6-15(9-27-10-16)13-2-1-3-18(23)7-13/h1-10H,11-12H2,(H,28,29). The third-order valence-electron chi connectivity index (χ3n) is 4.04. The molecule has 4 nitrogen and oxygen atoms in total. The normalized spacial score (nSPS) is 11.2. The summed E-state index contributed by atoms with van der Waals surface area (Å²) in [4.78, 5) is 16.6. The van der Waals surface area contributed by atoms with Gasteiger partial charge in [0, 0.05) is 39.6 Å². The van der Waals surface area contributed by atoms with Gasteiger partial charge >= 0.3 is 6.11 Å². The quantitative estimate of drug-likeness (QED) is 0.431. The lowest BCUT2D eigenvalue weighted by atomic mass is 10.1. The Kier molecular flexibility index (Phi) is 6.99. The zero-order valence-corrected chi connectivity index (χ0v) is 17.7. The van der Waals surface area contributed by atoms with Crippen molar-refractivity contribution >= 4 is 33.4 Å². The van der Waals surface area contributed by atoms with Gasteiger partial charge in [-0.2, -0.15) is 8.78 Å². The highest BCUT2D eigenvalue weighted by Gasteiger charge is 2.32. The highest BCUT2D eigenvalue weighted by molar-refractivity contribution is 9.10. The second-order valence-corrected chi connectivity index (χ2v) is 7.63. The molecule has 0 saturated carbocycles. The van der Waals surface area contributed by atoms with Crippen LogP contribution in [0.1, 0.15) is 15.9 Å². The Morgan fingerprint density at radius 2 is 1.93 bits per heavy atom. The lowest BCUT2D eigenvalue weighted by Gasteiger charge is -2.18. The zero-order chi connectivity index (χ0) is 21.7. The van der Waals surface area contributed by atoms with E-state index in [4.69, 9.17) is 11.6 Å². The molecule has 0 radical (unpaired) electrons. The molecule has 1 amide bonds. The van der Waals surface area contributed by atoms with Crippen LogP contribution >= 0.6 is 27.5 Å². The van der Waals surface area contributed by atoms with Crippen LogP contribution in [-0.4, -0.2) is 23.7 Å². The van der Waals surface area contributed by atoms with E-state index in [9.17, 15) is 18.0 Å². The summed E-state index contributed by atoms with van der Waals surface area (Å²) in [5.41, 5.74) is 2.03. The van der Waals surface area contributed by atoms with Gasteiger partial charge in [0.2, 0.25) is 0 Å². The van der Waals surface area contributed by atoms with Crippen LogP contribution in [0.2, 0.25) is 5.02 Å². The number of hydrogen-bond acceptors (Lipinski definition) is 3. The molecule has 0 aliphatic carbocycles. The van der Waals surface area contributed by atoms with E-state index in [1.54, 1.807) is 36.5 Å². The Hall–Kier alpha value is -2.58. The lowest BCUT2D eigenvalue weighted by molar-refractivity contribution is -0.186. The molecule has 0 aliphatic heterocycles. The molecule has 0 atom stereocenters. The third-order valence-corrected chi connectivity index (χ3v) is 4.77. The van der Waals surface area contributed by atoms with Crippen molar-refractivity contribution in [3.05, 3.63) is 81.5 Å². The van der Waals surface area contributed by atoms with Crippen LogP contribution in [0.25, 0.3) is 11.1 Å². The molecule has 1 heterocycles. The Morgan fingerprint density at radius 3 is 2.67 bits per heavy atom. The van der Waals surface area contributed by atoms with Crippen molar-refractivity contribution < 1.29 is 22.7 Å². The summed E-state index contributed by atoms with van der Waals surface area (Å²) < 4.78 is 44.1. The maximum absolute atomic E-state index is 13.3. The topological polar surface area (TPSA) is 51.2 Å². The molecule has 156 valence electrons. The summed E-state index contributed by atoms with van der Waals surface area (Å²) >= 11 is 9.16. The smallest absolute Gasteiger partial charge is 0.427 e. The van der Waals surface area contributed by atoms with Gasteiger partial charge in [0.05, 0.1) is 5.56 Å². The Labute approximate surface area is 184 Å². The van der Waals surface area contributed by atoms with Crippen LogP contribution in [0, 0.1) is 0 Å². The van der Waals surface area contributed by atoms with Crippen molar-refractivity contribution in [3.8, 4) is 16.9 Å². The number of carbonyl (C=O) groups is 1. The molecule has 9 heteroatoms. The van der Waals surface area contributed by atoms with E-state index < -0.39 is 18.7 Å². The molecular formula is C21H15BrClF3N2O2. The first-order chi connectivity index (χ1) is 14.3. The van der Waals surface area contributed by atoms with E-state index in [-0.39, 0.29) is 23.4 Å². The molecule has 0 unspecified atom stereocenters. The van der Waals surface area contributed by atoms with Gasteiger partial charge < -0.3 is 10.1 Å². The summed E-state index contributed by atoms with van der Waals surface area (Å²) in [6, 6.07) is 13.1. The van der Waals surface area contributed by atoms with Gasteiger partial charge in [-0.05, 0) is 35.9 Å². The number of ether oxygens (including phenoxy) is 1. The number of benzene rings is 2. The van der Waals surface area contributed by atoms with E-state index in [2.05, 4.69) is 31.0 Å². The predicted octanol–water partition coefficient (Wildman–Crippen LogP) is 6.04. The van der Waals surface area contributed by atoms with Gasteiger partial charge in [-0.3, -0.25) is 9.78 Å². The molecule has 30 heavy (non-hydrogen) atoms. The number of amides is 1. The number of rotatable bonds is 7. The SMILES string of the molecule is O=C(NCc1ccc(Br)cc1OC(F)(F)CF)c1cncc(-c2cccc(Cl)c2)c1. The van der Waals surface area contributed by atoms with Gasteiger partial charge in [-0.1, -0.05) is 45.7 Å². The fourth-order valence-corrected chi connectivity index (χ4v) is 3.16. The minimum atomic E-state index is -3.96. The fourth-order valence-electron chi connectivity index (χ4n) is 2.63. The molecule has 0 fully saturated rings. The van der Waals surface area contributed by atoms with Crippen LogP contribution in [0.5, 0.6) is 5.75 Å². The van der Waals surface area contributed by atoms with E-state index >= 15 is 0 Å². The van der Waals surface area contributed by atoms with Crippen molar-refractivity contribution in [1.29, 1.82) is 0 Å². The third kappa shape index (κ3) is 5.73. The number of nitrogens with one attached hydrogen (secondary N) is 1. The summed E-state index contributed by atoms with van der Waals surface area (Å²) in [6.07, 6.45) is -0.976. The summed E-state index contributed by atoms with van der Waals surface area (Å²) in [7, 11) is 0. The molecule has 3 rings (SSSR count). The monoisotopic (exact) mass is 498 g/mol. The molecular weight excluding hydrogens is 485 g/mol. The Balaban J connectivity index is 1.76. The number of alkyl halides is 3. The second kappa shape index (κ2) is 9.49. The van der Waals surface area contributed by atoms with Crippen LogP contribution in [0.15, 0.2) is 65.4 Å². The molecule has 1 N–H and O–H groups in total. The Bertz CT molecular complexity index is 1070. The van der Waals surface area contributed by atoms with Gasteiger partial charge in [0.15, 0.2) is 6.67 Å². The minimum absolute atomic E-state index is 0.106. The predicted molar refractivity (Wildman–Crippen MR) is 112 cm³/mol. The highest BCUT2D eigenvalue weighted by Crippen LogP contribution is 2.29.